The number of nitrogen functional groups attached to an aromatic ring is 1. The molecule has 2 aromatic carbocycles. The predicted molar refractivity (Wildman–Crippen MR) is 96.4 cm³/mol. The molecule has 0 aromatic heterocycles. The molecule has 0 bridgehead atoms. The van der Waals surface area contributed by atoms with Crippen molar-refractivity contribution in [1.29, 1.82) is 5.41 Å². The number of nitrogens with one attached hydrogen (secondary N) is 2. The highest BCUT2D eigenvalue weighted by Crippen LogP contribution is 2.12. The maximum absolute atomic E-state index is 11.7. The van der Waals surface area contributed by atoms with Gasteiger partial charge < -0.3 is 15.8 Å². The summed E-state index contributed by atoms with van der Waals surface area (Å²) < 4.78 is 5.52. The third kappa shape index (κ3) is 5.78. The molecule has 0 aliphatic heterocycles. The molecule has 5 nitrogen and oxygen atoms in total. The van der Waals surface area contributed by atoms with Gasteiger partial charge in [-0.3, -0.25) is 10.2 Å². The van der Waals surface area contributed by atoms with E-state index in [1.165, 1.54) is 6.08 Å². The van der Waals surface area contributed by atoms with Crippen LogP contribution in [0.15, 0.2) is 54.6 Å². The number of carbonyl (C=O) groups is 1. The lowest BCUT2D eigenvalue weighted by atomic mass is 10.2. The Morgan fingerprint density at radius 3 is 2.71 bits per heavy atom. The zero-order valence-corrected chi connectivity index (χ0v) is 13.7. The summed E-state index contributed by atoms with van der Waals surface area (Å²) in [4.78, 5) is 11.7. The molecule has 0 fully saturated rings. The van der Waals surface area contributed by atoms with Gasteiger partial charge in [0.1, 0.15) is 18.2 Å². The van der Waals surface area contributed by atoms with E-state index in [9.17, 15) is 4.79 Å². The fourth-order valence-corrected chi connectivity index (χ4v) is 2.03. The normalized spacial score (nSPS) is 10.5. The minimum absolute atomic E-state index is 0.0129. The zero-order chi connectivity index (χ0) is 17.4. The molecule has 0 saturated heterocycles. The maximum Gasteiger partial charge on any atom is 0.244 e. The van der Waals surface area contributed by atoms with Crippen molar-refractivity contribution < 1.29 is 9.53 Å². The second-order valence-corrected chi connectivity index (χ2v) is 5.40. The Morgan fingerprint density at radius 1 is 1.25 bits per heavy atom. The minimum Gasteiger partial charge on any atom is -0.492 e. The number of carbonyl (C=O) groups excluding carboxylic acids is 1. The molecule has 24 heavy (non-hydrogen) atoms. The van der Waals surface area contributed by atoms with E-state index in [0.717, 1.165) is 5.56 Å². The number of benzene rings is 2. The van der Waals surface area contributed by atoms with Crippen LogP contribution in [0.1, 0.15) is 11.1 Å². The molecule has 4 N–H and O–H groups in total. The highest BCUT2D eigenvalue weighted by Gasteiger charge is 2.00. The van der Waals surface area contributed by atoms with E-state index < -0.39 is 0 Å². The molecular weight excluding hydrogens is 326 g/mol. The van der Waals surface area contributed by atoms with Crippen LogP contribution in [0, 0.1) is 5.41 Å². The number of ether oxygens (including phenoxy) is 1. The third-order valence-corrected chi connectivity index (χ3v) is 3.36. The fourth-order valence-electron chi connectivity index (χ4n) is 1.90. The Hall–Kier alpha value is -2.79. The quantitative estimate of drug-likeness (QED) is 0.312. The lowest BCUT2D eigenvalue weighted by Crippen LogP contribution is -2.26. The van der Waals surface area contributed by atoms with Gasteiger partial charge in [0.25, 0.3) is 0 Å². The molecule has 0 radical (unpaired) electrons. The van der Waals surface area contributed by atoms with Crippen molar-refractivity contribution in [1.82, 2.24) is 5.32 Å². The smallest absolute Gasteiger partial charge is 0.244 e. The Morgan fingerprint density at radius 2 is 2.00 bits per heavy atom. The average Bonchev–Trinajstić information content (AvgIpc) is 2.58. The summed E-state index contributed by atoms with van der Waals surface area (Å²) in [6, 6.07) is 14.1. The number of amidine groups is 1. The van der Waals surface area contributed by atoms with Crippen LogP contribution in [-0.4, -0.2) is 24.9 Å². The van der Waals surface area contributed by atoms with Gasteiger partial charge >= 0.3 is 0 Å². The van der Waals surface area contributed by atoms with Gasteiger partial charge in [-0.2, -0.15) is 0 Å². The molecule has 0 aliphatic carbocycles. The van der Waals surface area contributed by atoms with Gasteiger partial charge in [0.05, 0.1) is 6.54 Å². The van der Waals surface area contributed by atoms with Gasteiger partial charge in [-0.1, -0.05) is 35.9 Å². The van der Waals surface area contributed by atoms with Crippen molar-refractivity contribution in [3.8, 4) is 5.75 Å². The summed E-state index contributed by atoms with van der Waals surface area (Å²) in [6.07, 6.45) is 3.17. The number of amides is 1. The summed E-state index contributed by atoms with van der Waals surface area (Å²) in [7, 11) is 0. The fraction of sp³-hybridized carbons (Fsp3) is 0.111. The minimum atomic E-state index is -0.203. The highest BCUT2D eigenvalue weighted by molar-refractivity contribution is 6.30. The molecule has 124 valence electrons. The maximum atomic E-state index is 11.7. The number of rotatable bonds is 7. The molecule has 0 heterocycles. The molecule has 0 spiro atoms. The Kier molecular flexibility index (Phi) is 6.40. The van der Waals surface area contributed by atoms with E-state index in [4.69, 9.17) is 27.5 Å². The number of hydrogen-bond donors (Lipinski definition) is 3. The molecule has 1 amide bonds. The van der Waals surface area contributed by atoms with Crippen LogP contribution in [0.2, 0.25) is 5.02 Å². The first-order valence-corrected chi connectivity index (χ1v) is 7.71. The van der Waals surface area contributed by atoms with Gasteiger partial charge in [0.2, 0.25) is 5.91 Å². The molecule has 0 saturated carbocycles. The summed E-state index contributed by atoms with van der Waals surface area (Å²) in [5, 5.41) is 10.8. The summed E-state index contributed by atoms with van der Waals surface area (Å²) >= 11 is 5.80. The van der Waals surface area contributed by atoms with Crippen LogP contribution in [0.25, 0.3) is 6.08 Å². The van der Waals surface area contributed by atoms with Crippen LogP contribution >= 0.6 is 11.6 Å². The molecule has 0 atom stereocenters. The molecular formula is C18H18ClN3O2. The van der Waals surface area contributed by atoms with Crippen LogP contribution in [0.4, 0.5) is 0 Å². The third-order valence-electron chi connectivity index (χ3n) is 3.11. The number of hydrogen-bond acceptors (Lipinski definition) is 3. The van der Waals surface area contributed by atoms with Crippen molar-refractivity contribution in [2.45, 2.75) is 0 Å². The summed E-state index contributed by atoms with van der Waals surface area (Å²) in [5.74, 6) is 0.390. The van der Waals surface area contributed by atoms with Gasteiger partial charge in [0.15, 0.2) is 0 Å². The average molecular weight is 344 g/mol. The van der Waals surface area contributed by atoms with Crippen molar-refractivity contribution >= 4 is 29.4 Å². The van der Waals surface area contributed by atoms with E-state index in [1.54, 1.807) is 42.5 Å². The zero-order valence-electron chi connectivity index (χ0n) is 13.0. The van der Waals surface area contributed by atoms with Crippen LogP contribution in [0.3, 0.4) is 0 Å². The first kappa shape index (κ1) is 17.6. The van der Waals surface area contributed by atoms with Crippen molar-refractivity contribution in [2.75, 3.05) is 13.2 Å². The number of halogens is 1. The Bertz CT molecular complexity index is 742. The highest BCUT2D eigenvalue weighted by atomic mass is 35.5. The number of nitrogens with two attached hydrogens (primary N) is 1. The van der Waals surface area contributed by atoms with Crippen molar-refractivity contribution in [2.24, 2.45) is 5.73 Å². The van der Waals surface area contributed by atoms with Crippen LogP contribution in [0.5, 0.6) is 5.75 Å². The summed E-state index contributed by atoms with van der Waals surface area (Å²) in [6.45, 7) is 0.690. The first-order valence-electron chi connectivity index (χ1n) is 7.33. The van der Waals surface area contributed by atoms with Crippen LogP contribution < -0.4 is 15.8 Å². The van der Waals surface area contributed by atoms with E-state index in [1.807, 2.05) is 12.1 Å². The second kappa shape index (κ2) is 8.74. The summed E-state index contributed by atoms with van der Waals surface area (Å²) in [5.41, 5.74) is 6.92. The molecule has 2 aromatic rings. The van der Waals surface area contributed by atoms with Crippen molar-refractivity contribution in [3.05, 3.63) is 70.8 Å². The van der Waals surface area contributed by atoms with E-state index in [-0.39, 0.29) is 11.7 Å². The van der Waals surface area contributed by atoms with Gasteiger partial charge in [-0.25, -0.2) is 0 Å². The van der Waals surface area contributed by atoms with Gasteiger partial charge in [-0.15, -0.1) is 0 Å². The Balaban J connectivity index is 1.73. The largest absolute Gasteiger partial charge is 0.492 e. The lowest BCUT2D eigenvalue weighted by Gasteiger charge is -2.08. The van der Waals surface area contributed by atoms with Crippen LogP contribution in [-0.2, 0) is 4.79 Å². The molecule has 2 rings (SSSR count). The molecule has 0 aliphatic rings. The van der Waals surface area contributed by atoms with E-state index >= 15 is 0 Å². The predicted octanol–water partition coefficient (Wildman–Crippen LogP) is 2.83. The Labute approximate surface area is 145 Å². The van der Waals surface area contributed by atoms with E-state index in [2.05, 4.69) is 5.32 Å². The second-order valence-electron chi connectivity index (χ2n) is 4.97. The SMILES string of the molecule is N=C(N)c1cccc(OCCNC(=O)C=Cc2ccc(Cl)cc2)c1. The standard InChI is InChI=1S/C18H18ClN3O2/c19-15-7-4-13(5-8-15)6-9-17(23)22-10-11-24-16-3-1-2-14(12-16)18(20)21/h1-9,12H,10-11H2,(H3,20,21)(H,22,23). The van der Waals surface area contributed by atoms with E-state index in [0.29, 0.717) is 29.5 Å². The topological polar surface area (TPSA) is 88.2 Å². The first-order chi connectivity index (χ1) is 11.5. The molecule has 0 unspecified atom stereocenters. The van der Waals surface area contributed by atoms with Gasteiger partial charge in [0, 0.05) is 16.7 Å². The molecule has 6 heteroatoms. The van der Waals surface area contributed by atoms with Gasteiger partial charge in [-0.05, 0) is 35.9 Å². The monoisotopic (exact) mass is 343 g/mol. The van der Waals surface area contributed by atoms with Crippen molar-refractivity contribution in [3.63, 3.8) is 0 Å². The lowest BCUT2D eigenvalue weighted by molar-refractivity contribution is -0.116.